The van der Waals surface area contributed by atoms with Crippen molar-refractivity contribution in [1.29, 1.82) is 0 Å². The highest BCUT2D eigenvalue weighted by atomic mass is 16.2. The van der Waals surface area contributed by atoms with E-state index in [-0.39, 0.29) is 5.91 Å². The summed E-state index contributed by atoms with van der Waals surface area (Å²) in [7, 11) is 0. The highest BCUT2D eigenvalue weighted by Crippen LogP contribution is 2.26. The average Bonchev–Trinajstić information content (AvgIpc) is 2.27. The third-order valence-corrected chi connectivity index (χ3v) is 4.12. The third-order valence-electron chi connectivity index (χ3n) is 4.12. The molecule has 1 aliphatic heterocycles. The number of hydrogen-bond acceptors (Lipinski definition) is 2. The molecular formula is C13H26N2O. The van der Waals surface area contributed by atoms with E-state index >= 15 is 0 Å². The van der Waals surface area contributed by atoms with Crippen molar-refractivity contribution in [2.45, 2.75) is 77.4 Å². The lowest BCUT2D eigenvalue weighted by Gasteiger charge is -2.43. The Morgan fingerprint density at radius 2 is 1.69 bits per heavy atom. The molecule has 2 atom stereocenters. The summed E-state index contributed by atoms with van der Waals surface area (Å²) in [5.41, 5.74) is 5.55. The van der Waals surface area contributed by atoms with Gasteiger partial charge in [-0.05, 0) is 46.0 Å². The maximum atomic E-state index is 12.5. The van der Waals surface area contributed by atoms with Gasteiger partial charge in [-0.25, -0.2) is 0 Å². The van der Waals surface area contributed by atoms with Gasteiger partial charge in [0.1, 0.15) is 0 Å². The molecule has 0 aromatic rings. The van der Waals surface area contributed by atoms with E-state index in [1.54, 1.807) is 0 Å². The molecule has 16 heavy (non-hydrogen) atoms. The van der Waals surface area contributed by atoms with E-state index in [2.05, 4.69) is 13.8 Å². The first-order chi connectivity index (χ1) is 7.46. The van der Waals surface area contributed by atoms with Crippen molar-refractivity contribution in [1.82, 2.24) is 4.90 Å². The van der Waals surface area contributed by atoms with Gasteiger partial charge in [-0.15, -0.1) is 0 Å². The van der Waals surface area contributed by atoms with Crippen molar-refractivity contribution < 1.29 is 4.79 Å². The van der Waals surface area contributed by atoms with Crippen molar-refractivity contribution in [3.05, 3.63) is 0 Å². The monoisotopic (exact) mass is 226 g/mol. The Bertz CT molecular complexity index is 238. The van der Waals surface area contributed by atoms with Crippen LogP contribution in [-0.4, -0.2) is 28.4 Å². The topological polar surface area (TPSA) is 46.3 Å². The van der Waals surface area contributed by atoms with E-state index in [4.69, 9.17) is 5.73 Å². The lowest BCUT2D eigenvalue weighted by molar-refractivity contribution is -0.143. The highest BCUT2D eigenvalue weighted by Gasteiger charge is 2.39. The number of carbonyl (C=O) groups is 1. The first-order valence-electron chi connectivity index (χ1n) is 6.58. The number of carbonyl (C=O) groups excluding carboxylic acids is 1. The fourth-order valence-corrected chi connectivity index (χ4v) is 2.63. The summed E-state index contributed by atoms with van der Waals surface area (Å²) in [6.45, 7) is 8.28. The van der Waals surface area contributed by atoms with Gasteiger partial charge in [0.05, 0.1) is 5.54 Å². The predicted octanol–water partition coefficient (Wildman–Crippen LogP) is 2.29. The molecule has 0 aromatic carbocycles. The lowest BCUT2D eigenvalue weighted by Crippen LogP contribution is -2.60. The minimum Gasteiger partial charge on any atom is -0.336 e. The van der Waals surface area contributed by atoms with Crippen molar-refractivity contribution in [2.24, 2.45) is 5.73 Å². The zero-order chi connectivity index (χ0) is 12.3. The van der Waals surface area contributed by atoms with Crippen molar-refractivity contribution in [2.75, 3.05) is 0 Å². The third kappa shape index (κ3) is 2.40. The summed E-state index contributed by atoms with van der Waals surface area (Å²) in [4.78, 5) is 14.5. The fraction of sp³-hybridized carbons (Fsp3) is 0.923. The SMILES string of the molecule is CCC(N)(CC)C(=O)N1C(C)CCCC1C. The van der Waals surface area contributed by atoms with E-state index in [9.17, 15) is 4.79 Å². The molecule has 2 unspecified atom stereocenters. The van der Waals surface area contributed by atoms with Crippen LogP contribution in [0.5, 0.6) is 0 Å². The summed E-state index contributed by atoms with van der Waals surface area (Å²) < 4.78 is 0. The number of piperidine rings is 1. The van der Waals surface area contributed by atoms with E-state index < -0.39 is 5.54 Å². The molecule has 0 saturated carbocycles. The van der Waals surface area contributed by atoms with E-state index in [1.165, 1.54) is 6.42 Å². The molecule has 1 fully saturated rings. The zero-order valence-corrected chi connectivity index (χ0v) is 11.1. The van der Waals surface area contributed by atoms with Crippen molar-refractivity contribution in [3.63, 3.8) is 0 Å². The van der Waals surface area contributed by atoms with Gasteiger partial charge >= 0.3 is 0 Å². The van der Waals surface area contributed by atoms with Crippen LogP contribution in [0.2, 0.25) is 0 Å². The first-order valence-corrected chi connectivity index (χ1v) is 6.58. The molecule has 1 aliphatic rings. The van der Waals surface area contributed by atoms with E-state index in [0.717, 1.165) is 25.7 Å². The van der Waals surface area contributed by atoms with Crippen LogP contribution in [-0.2, 0) is 4.79 Å². The van der Waals surface area contributed by atoms with Gasteiger partial charge in [0.2, 0.25) is 5.91 Å². The van der Waals surface area contributed by atoms with Crippen molar-refractivity contribution in [3.8, 4) is 0 Å². The highest BCUT2D eigenvalue weighted by molar-refractivity contribution is 5.86. The molecule has 2 N–H and O–H groups in total. The number of likely N-dealkylation sites (tertiary alicyclic amines) is 1. The average molecular weight is 226 g/mol. The van der Waals surface area contributed by atoms with E-state index in [1.807, 2.05) is 18.7 Å². The maximum absolute atomic E-state index is 12.5. The Balaban J connectivity index is 2.85. The Morgan fingerprint density at radius 1 is 1.25 bits per heavy atom. The molecule has 1 amide bonds. The number of rotatable bonds is 3. The summed E-state index contributed by atoms with van der Waals surface area (Å²) >= 11 is 0. The molecule has 3 heteroatoms. The molecule has 3 nitrogen and oxygen atoms in total. The smallest absolute Gasteiger partial charge is 0.243 e. The van der Waals surface area contributed by atoms with Crippen LogP contribution in [0.15, 0.2) is 0 Å². The normalized spacial score (nSPS) is 26.9. The number of amides is 1. The van der Waals surface area contributed by atoms with E-state index in [0.29, 0.717) is 12.1 Å². The minimum absolute atomic E-state index is 0.150. The quantitative estimate of drug-likeness (QED) is 0.802. The maximum Gasteiger partial charge on any atom is 0.243 e. The van der Waals surface area contributed by atoms with Gasteiger partial charge in [-0.1, -0.05) is 13.8 Å². The second-order valence-corrected chi connectivity index (χ2v) is 5.20. The van der Waals surface area contributed by atoms with Crippen LogP contribution in [0.1, 0.15) is 59.8 Å². The van der Waals surface area contributed by atoms with Crippen LogP contribution in [0.3, 0.4) is 0 Å². The van der Waals surface area contributed by atoms with Crippen LogP contribution >= 0.6 is 0 Å². The first kappa shape index (κ1) is 13.5. The summed E-state index contributed by atoms with van der Waals surface area (Å²) in [5.74, 6) is 0.150. The van der Waals surface area contributed by atoms with Crippen LogP contribution in [0, 0.1) is 0 Å². The van der Waals surface area contributed by atoms with Crippen LogP contribution < -0.4 is 5.73 Å². The van der Waals surface area contributed by atoms with Gasteiger partial charge in [0.25, 0.3) is 0 Å². The Morgan fingerprint density at radius 3 is 2.06 bits per heavy atom. The molecular weight excluding hydrogens is 200 g/mol. The summed E-state index contributed by atoms with van der Waals surface area (Å²) in [6, 6.07) is 0.689. The Kier molecular flexibility index (Phi) is 4.36. The summed E-state index contributed by atoms with van der Waals surface area (Å²) in [6.07, 6.45) is 4.89. The molecule has 0 aromatic heterocycles. The zero-order valence-electron chi connectivity index (χ0n) is 11.1. The van der Waals surface area contributed by atoms with Gasteiger partial charge < -0.3 is 10.6 Å². The van der Waals surface area contributed by atoms with Crippen molar-refractivity contribution >= 4 is 5.91 Å². The summed E-state index contributed by atoms with van der Waals surface area (Å²) in [5, 5.41) is 0. The number of hydrogen-bond donors (Lipinski definition) is 1. The van der Waals surface area contributed by atoms with Gasteiger partial charge in [-0.2, -0.15) is 0 Å². The molecule has 1 rings (SSSR count). The Hall–Kier alpha value is -0.570. The molecule has 1 saturated heterocycles. The lowest BCUT2D eigenvalue weighted by atomic mass is 9.88. The van der Waals surface area contributed by atoms with Crippen LogP contribution in [0.25, 0.3) is 0 Å². The molecule has 94 valence electrons. The second-order valence-electron chi connectivity index (χ2n) is 5.20. The van der Waals surface area contributed by atoms with Gasteiger partial charge in [0.15, 0.2) is 0 Å². The number of nitrogens with zero attached hydrogens (tertiary/aromatic N) is 1. The molecule has 0 radical (unpaired) electrons. The van der Waals surface area contributed by atoms with Crippen LogP contribution in [0.4, 0.5) is 0 Å². The predicted molar refractivity (Wildman–Crippen MR) is 67.1 cm³/mol. The minimum atomic E-state index is -0.653. The second kappa shape index (κ2) is 5.17. The van der Waals surface area contributed by atoms with Gasteiger partial charge in [-0.3, -0.25) is 4.79 Å². The molecule has 0 spiro atoms. The largest absolute Gasteiger partial charge is 0.336 e. The standard InChI is InChI=1S/C13H26N2O/c1-5-13(14,6-2)12(16)15-10(3)8-7-9-11(15)4/h10-11H,5-9,14H2,1-4H3. The molecule has 1 heterocycles. The molecule has 0 bridgehead atoms. The van der Waals surface area contributed by atoms with Gasteiger partial charge in [0, 0.05) is 12.1 Å². The number of nitrogens with two attached hydrogens (primary N) is 1. The molecule has 0 aliphatic carbocycles. The fourth-order valence-electron chi connectivity index (χ4n) is 2.63. The Labute approximate surface area is 99.4 Å².